The molecule has 1 saturated heterocycles. The molecule has 4 rings (SSSR count). The van der Waals surface area contributed by atoms with Gasteiger partial charge in [0.1, 0.15) is 0 Å². The van der Waals surface area contributed by atoms with Gasteiger partial charge in [0.25, 0.3) is 0 Å². The lowest BCUT2D eigenvalue weighted by Gasteiger charge is -2.43. The first-order chi connectivity index (χ1) is 13.7. The molecule has 1 N–H and O–H groups in total. The van der Waals surface area contributed by atoms with Crippen molar-refractivity contribution in [2.24, 2.45) is 5.92 Å². The third-order valence-electron chi connectivity index (χ3n) is 6.10. The zero-order valence-corrected chi connectivity index (χ0v) is 17.0. The summed E-state index contributed by atoms with van der Waals surface area (Å²) in [6.07, 6.45) is 7.80. The minimum Gasteiger partial charge on any atom is -0.377 e. The van der Waals surface area contributed by atoms with E-state index in [0.29, 0.717) is 0 Å². The van der Waals surface area contributed by atoms with E-state index < -0.39 is 0 Å². The number of nitrogens with one attached hydrogen (secondary N) is 1. The number of benzene rings is 1. The van der Waals surface area contributed by atoms with Gasteiger partial charge in [0.2, 0.25) is 0 Å². The highest BCUT2D eigenvalue weighted by Crippen LogP contribution is 2.27. The van der Waals surface area contributed by atoms with Crippen LogP contribution in [-0.2, 0) is 24.2 Å². The Morgan fingerprint density at radius 1 is 1.11 bits per heavy atom. The van der Waals surface area contributed by atoms with Crippen molar-refractivity contribution in [3.05, 3.63) is 53.4 Å². The second kappa shape index (κ2) is 9.21. The molecule has 5 heteroatoms. The summed E-state index contributed by atoms with van der Waals surface area (Å²) in [5, 5.41) is 8.16. The summed E-state index contributed by atoms with van der Waals surface area (Å²) in [4.78, 5) is 2.25. The molecule has 2 aliphatic rings. The van der Waals surface area contributed by atoms with Crippen LogP contribution in [0.2, 0.25) is 0 Å². The van der Waals surface area contributed by atoms with Crippen molar-refractivity contribution in [1.82, 2.24) is 15.4 Å². The second-order valence-corrected chi connectivity index (χ2v) is 8.78. The predicted molar refractivity (Wildman–Crippen MR) is 110 cm³/mol. The first-order valence-corrected chi connectivity index (χ1v) is 10.7. The topological polar surface area (TPSA) is 50.5 Å². The Bertz CT molecular complexity index is 720. The van der Waals surface area contributed by atoms with Crippen LogP contribution in [0.3, 0.4) is 0 Å². The fourth-order valence-corrected chi connectivity index (χ4v) is 4.44. The Morgan fingerprint density at radius 3 is 2.61 bits per heavy atom. The lowest BCUT2D eigenvalue weighted by Crippen LogP contribution is -2.62. The molecule has 1 aliphatic carbocycles. The molecule has 28 heavy (non-hydrogen) atoms. The van der Waals surface area contributed by atoms with Crippen LogP contribution in [0.1, 0.15) is 49.1 Å². The number of ether oxygens (including phenoxy) is 1. The van der Waals surface area contributed by atoms with Crippen molar-refractivity contribution in [3.63, 3.8) is 0 Å². The smallest absolute Gasteiger partial charge is 0.150 e. The van der Waals surface area contributed by atoms with Crippen molar-refractivity contribution in [1.29, 1.82) is 0 Å². The lowest BCUT2D eigenvalue weighted by atomic mass is 9.86. The fraction of sp³-hybridized carbons (Fsp3) is 0.609. The third-order valence-corrected chi connectivity index (χ3v) is 6.10. The molecular formula is C23H33N3O2. The molecule has 152 valence electrons. The van der Waals surface area contributed by atoms with E-state index in [-0.39, 0.29) is 5.54 Å². The normalized spacial score (nSPS) is 19.6. The van der Waals surface area contributed by atoms with E-state index in [1.807, 2.05) is 0 Å². The van der Waals surface area contributed by atoms with Gasteiger partial charge < -0.3 is 14.6 Å². The largest absolute Gasteiger partial charge is 0.377 e. The SMILES string of the molecule is CN(Cc1ccccc1)Cc1cc(CC2(NCC3CCCCC3)COC2)no1. The highest BCUT2D eigenvalue weighted by atomic mass is 16.5. The van der Waals surface area contributed by atoms with Crippen LogP contribution in [0.25, 0.3) is 0 Å². The van der Waals surface area contributed by atoms with Crippen LogP contribution < -0.4 is 5.32 Å². The molecule has 1 aliphatic heterocycles. The summed E-state index contributed by atoms with van der Waals surface area (Å²) >= 11 is 0. The van der Waals surface area contributed by atoms with Crippen LogP contribution >= 0.6 is 0 Å². The van der Waals surface area contributed by atoms with Crippen LogP contribution in [0.4, 0.5) is 0 Å². The number of nitrogens with zero attached hydrogens (tertiary/aromatic N) is 2. The zero-order valence-electron chi connectivity index (χ0n) is 17.0. The molecule has 0 unspecified atom stereocenters. The lowest BCUT2D eigenvalue weighted by molar-refractivity contribution is -0.0764. The van der Waals surface area contributed by atoms with Crippen molar-refractivity contribution in [3.8, 4) is 0 Å². The Hall–Kier alpha value is -1.69. The van der Waals surface area contributed by atoms with E-state index in [1.54, 1.807) is 0 Å². The van der Waals surface area contributed by atoms with E-state index in [4.69, 9.17) is 9.26 Å². The van der Waals surface area contributed by atoms with Crippen LogP contribution in [0.15, 0.2) is 40.9 Å². The van der Waals surface area contributed by atoms with E-state index in [1.165, 1.54) is 37.7 Å². The molecule has 5 nitrogen and oxygen atoms in total. The van der Waals surface area contributed by atoms with Gasteiger partial charge in [0, 0.05) is 19.0 Å². The average Bonchev–Trinajstić information content (AvgIpc) is 3.12. The van der Waals surface area contributed by atoms with E-state index in [2.05, 4.69) is 58.8 Å². The number of rotatable bonds is 9. The third kappa shape index (κ3) is 5.22. The molecule has 2 heterocycles. The molecule has 1 saturated carbocycles. The Morgan fingerprint density at radius 2 is 1.89 bits per heavy atom. The van der Waals surface area contributed by atoms with E-state index in [0.717, 1.165) is 56.6 Å². The van der Waals surface area contributed by atoms with Gasteiger partial charge in [0.15, 0.2) is 5.76 Å². The summed E-state index contributed by atoms with van der Waals surface area (Å²) in [6, 6.07) is 12.6. The Labute approximate surface area is 168 Å². The van der Waals surface area contributed by atoms with Crippen LogP contribution in [0, 0.1) is 5.92 Å². The maximum atomic E-state index is 5.62. The molecule has 0 spiro atoms. The van der Waals surface area contributed by atoms with Crippen molar-refractivity contribution in [2.45, 2.75) is 57.2 Å². The number of hydrogen-bond donors (Lipinski definition) is 1. The highest BCUT2D eigenvalue weighted by Gasteiger charge is 2.39. The van der Waals surface area contributed by atoms with Gasteiger partial charge in [-0.2, -0.15) is 0 Å². The quantitative estimate of drug-likeness (QED) is 0.714. The summed E-state index contributed by atoms with van der Waals surface area (Å²) in [5.41, 5.74) is 2.38. The Balaban J connectivity index is 1.28. The van der Waals surface area contributed by atoms with Gasteiger partial charge in [0.05, 0.1) is 31.0 Å². The van der Waals surface area contributed by atoms with Gasteiger partial charge in [-0.25, -0.2) is 0 Å². The predicted octanol–water partition coefficient (Wildman–Crippen LogP) is 3.79. The molecule has 1 aromatic heterocycles. The van der Waals surface area contributed by atoms with Gasteiger partial charge in [-0.3, -0.25) is 4.90 Å². The second-order valence-electron chi connectivity index (χ2n) is 8.78. The molecule has 0 bridgehead atoms. The van der Waals surface area contributed by atoms with Crippen LogP contribution in [-0.4, -0.2) is 42.4 Å². The Kier molecular flexibility index (Phi) is 6.45. The van der Waals surface area contributed by atoms with E-state index >= 15 is 0 Å². The first-order valence-electron chi connectivity index (χ1n) is 10.7. The van der Waals surface area contributed by atoms with Gasteiger partial charge in [-0.1, -0.05) is 54.8 Å². The summed E-state index contributed by atoms with van der Waals surface area (Å²) in [7, 11) is 2.11. The molecule has 2 aromatic rings. The monoisotopic (exact) mass is 383 g/mol. The minimum absolute atomic E-state index is 0.0432. The molecule has 1 aromatic carbocycles. The first kappa shape index (κ1) is 19.6. The standard InChI is InChI=1S/C23H33N3O2/c1-26(15-20-10-6-3-7-11-20)16-22-12-21(25-28-22)13-23(17-27-18-23)24-14-19-8-4-2-5-9-19/h3,6-7,10-12,19,24H,2,4-5,8-9,13-18H2,1H3. The number of hydrogen-bond acceptors (Lipinski definition) is 5. The zero-order chi connectivity index (χ0) is 19.2. The summed E-state index contributed by atoms with van der Waals surface area (Å²) in [6.45, 7) is 4.32. The van der Waals surface area contributed by atoms with Crippen molar-refractivity contribution in [2.75, 3.05) is 26.8 Å². The van der Waals surface area contributed by atoms with E-state index in [9.17, 15) is 0 Å². The van der Waals surface area contributed by atoms with Gasteiger partial charge >= 0.3 is 0 Å². The number of aromatic nitrogens is 1. The highest BCUT2D eigenvalue weighted by molar-refractivity contribution is 5.15. The van der Waals surface area contributed by atoms with Crippen molar-refractivity contribution < 1.29 is 9.26 Å². The molecule has 2 fully saturated rings. The molecule has 0 atom stereocenters. The van der Waals surface area contributed by atoms with Gasteiger partial charge in [-0.15, -0.1) is 0 Å². The van der Waals surface area contributed by atoms with Crippen LogP contribution in [0.5, 0.6) is 0 Å². The minimum atomic E-state index is 0.0432. The average molecular weight is 384 g/mol. The summed E-state index contributed by atoms with van der Waals surface area (Å²) in [5.74, 6) is 1.75. The molecule has 0 amide bonds. The summed E-state index contributed by atoms with van der Waals surface area (Å²) < 4.78 is 11.2. The van der Waals surface area contributed by atoms with Gasteiger partial charge in [-0.05, 0) is 37.9 Å². The fourth-order valence-electron chi connectivity index (χ4n) is 4.44. The maximum Gasteiger partial charge on any atom is 0.150 e. The molecule has 0 radical (unpaired) electrons. The molecular weight excluding hydrogens is 350 g/mol. The maximum absolute atomic E-state index is 5.62. The van der Waals surface area contributed by atoms with Crippen molar-refractivity contribution >= 4 is 0 Å².